The van der Waals surface area contributed by atoms with Gasteiger partial charge in [0.15, 0.2) is 0 Å². The van der Waals surface area contributed by atoms with Crippen molar-refractivity contribution >= 4 is 10.0 Å². The molecule has 0 fully saturated rings. The predicted octanol–water partition coefficient (Wildman–Crippen LogP) is 1.31. The Labute approximate surface area is 109 Å². The Morgan fingerprint density at radius 2 is 1.94 bits per heavy atom. The summed E-state index contributed by atoms with van der Waals surface area (Å²) in [6.07, 6.45) is 1.98. The Morgan fingerprint density at radius 1 is 1.28 bits per heavy atom. The molecular formula is C13H21NO3S. The van der Waals surface area contributed by atoms with Crippen LogP contribution in [0.15, 0.2) is 30.3 Å². The summed E-state index contributed by atoms with van der Waals surface area (Å²) in [7, 11) is -3.29. The summed E-state index contributed by atoms with van der Waals surface area (Å²) in [5, 5.41) is 9.25. The van der Waals surface area contributed by atoms with E-state index in [-0.39, 0.29) is 12.4 Å². The van der Waals surface area contributed by atoms with Crippen molar-refractivity contribution in [2.45, 2.75) is 32.2 Å². The number of benzene rings is 1. The quantitative estimate of drug-likeness (QED) is 0.749. The highest BCUT2D eigenvalue weighted by Crippen LogP contribution is 2.04. The van der Waals surface area contributed by atoms with Gasteiger partial charge in [-0.2, -0.15) is 0 Å². The van der Waals surface area contributed by atoms with E-state index in [9.17, 15) is 13.5 Å². The second kappa shape index (κ2) is 7.51. The molecule has 0 unspecified atom stereocenters. The van der Waals surface area contributed by atoms with Crippen LogP contribution < -0.4 is 4.72 Å². The number of hydrogen-bond acceptors (Lipinski definition) is 3. The first-order valence-electron chi connectivity index (χ1n) is 6.22. The molecule has 5 heteroatoms. The van der Waals surface area contributed by atoms with Gasteiger partial charge in [0.25, 0.3) is 0 Å². The van der Waals surface area contributed by atoms with Gasteiger partial charge in [-0.1, -0.05) is 43.7 Å². The third-order valence-corrected chi connectivity index (χ3v) is 4.18. The van der Waals surface area contributed by atoms with Crippen molar-refractivity contribution in [3.63, 3.8) is 0 Å². The summed E-state index contributed by atoms with van der Waals surface area (Å²) in [6.45, 7) is 1.75. The van der Waals surface area contributed by atoms with E-state index in [4.69, 9.17) is 0 Å². The number of rotatable bonds is 8. The zero-order valence-corrected chi connectivity index (χ0v) is 11.5. The maximum atomic E-state index is 11.7. The summed E-state index contributed by atoms with van der Waals surface area (Å²) in [5.74, 6) is 0.120. The molecule has 0 radical (unpaired) electrons. The minimum Gasteiger partial charge on any atom is -0.395 e. The van der Waals surface area contributed by atoms with Crippen molar-refractivity contribution in [1.82, 2.24) is 4.72 Å². The van der Waals surface area contributed by atoms with E-state index < -0.39 is 16.1 Å². The highest BCUT2D eigenvalue weighted by molar-refractivity contribution is 7.89. The van der Waals surface area contributed by atoms with E-state index in [0.717, 1.165) is 12.0 Å². The molecule has 1 atom stereocenters. The lowest BCUT2D eigenvalue weighted by atomic mass is 10.1. The minimum absolute atomic E-state index is 0.120. The van der Waals surface area contributed by atoms with Crippen LogP contribution in [-0.2, 0) is 16.4 Å². The highest BCUT2D eigenvalue weighted by Gasteiger charge is 2.16. The number of aliphatic hydroxyl groups is 1. The SMILES string of the molecule is CCCCS(=O)(=O)N[C@@H](CO)Cc1ccccc1. The molecule has 0 spiro atoms. The maximum absolute atomic E-state index is 11.7. The van der Waals surface area contributed by atoms with E-state index in [0.29, 0.717) is 12.8 Å². The van der Waals surface area contributed by atoms with Crippen molar-refractivity contribution in [3.8, 4) is 0 Å². The normalized spacial score (nSPS) is 13.4. The number of hydrogen-bond donors (Lipinski definition) is 2. The Balaban J connectivity index is 2.57. The fraction of sp³-hybridized carbons (Fsp3) is 0.538. The van der Waals surface area contributed by atoms with Gasteiger partial charge in [0.1, 0.15) is 0 Å². The Kier molecular flexibility index (Phi) is 6.32. The summed E-state index contributed by atoms with van der Waals surface area (Å²) in [6, 6.07) is 9.09. The standard InChI is InChI=1S/C13H21NO3S/c1-2-3-9-18(16,17)14-13(11-15)10-12-7-5-4-6-8-12/h4-8,13-15H,2-3,9-11H2,1H3/t13-/m1/s1. The van der Waals surface area contributed by atoms with Gasteiger partial charge in [0.2, 0.25) is 10.0 Å². The molecule has 1 rings (SSSR count). The van der Waals surface area contributed by atoms with Gasteiger partial charge >= 0.3 is 0 Å². The molecular weight excluding hydrogens is 250 g/mol. The van der Waals surface area contributed by atoms with Crippen LogP contribution in [0.5, 0.6) is 0 Å². The van der Waals surface area contributed by atoms with Crippen molar-refractivity contribution in [3.05, 3.63) is 35.9 Å². The zero-order valence-electron chi connectivity index (χ0n) is 10.7. The Bertz CT molecular complexity index is 431. The number of unbranched alkanes of at least 4 members (excludes halogenated alkanes) is 1. The van der Waals surface area contributed by atoms with Gasteiger partial charge in [-0.3, -0.25) is 0 Å². The summed E-state index contributed by atoms with van der Waals surface area (Å²) < 4.78 is 26.0. The number of nitrogens with one attached hydrogen (secondary N) is 1. The van der Waals surface area contributed by atoms with Gasteiger partial charge in [-0.05, 0) is 18.4 Å². The summed E-state index contributed by atoms with van der Waals surface area (Å²) in [5.41, 5.74) is 1.01. The molecule has 0 aliphatic carbocycles. The first-order valence-corrected chi connectivity index (χ1v) is 7.87. The largest absolute Gasteiger partial charge is 0.395 e. The topological polar surface area (TPSA) is 66.4 Å². The number of aliphatic hydroxyl groups excluding tert-OH is 1. The lowest BCUT2D eigenvalue weighted by Gasteiger charge is -2.16. The van der Waals surface area contributed by atoms with Gasteiger partial charge in [-0.15, -0.1) is 0 Å². The fourth-order valence-corrected chi connectivity index (χ4v) is 3.14. The molecule has 4 nitrogen and oxygen atoms in total. The Morgan fingerprint density at radius 3 is 2.50 bits per heavy atom. The van der Waals surface area contributed by atoms with E-state index in [1.54, 1.807) is 0 Å². The van der Waals surface area contributed by atoms with E-state index in [2.05, 4.69) is 4.72 Å². The second-order valence-corrected chi connectivity index (χ2v) is 6.23. The van der Waals surface area contributed by atoms with Crippen molar-refractivity contribution in [1.29, 1.82) is 0 Å². The van der Waals surface area contributed by atoms with Gasteiger partial charge in [-0.25, -0.2) is 13.1 Å². The monoisotopic (exact) mass is 271 g/mol. The molecule has 0 saturated carbocycles. The van der Waals surface area contributed by atoms with Crippen molar-refractivity contribution in [2.24, 2.45) is 0 Å². The minimum atomic E-state index is -3.29. The van der Waals surface area contributed by atoms with E-state index in [1.807, 2.05) is 37.3 Å². The zero-order chi connectivity index (χ0) is 13.4. The lowest BCUT2D eigenvalue weighted by Crippen LogP contribution is -2.40. The van der Waals surface area contributed by atoms with Crippen LogP contribution in [0.25, 0.3) is 0 Å². The molecule has 102 valence electrons. The molecule has 0 heterocycles. The van der Waals surface area contributed by atoms with Crippen molar-refractivity contribution < 1.29 is 13.5 Å². The van der Waals surface area contributed by atoms with Crippen LogP contribution in [0.3, 0.4) is 0 Å². The van der Waals surface area contributed by atoms with Gasteiger partial charge in [0, 0.05) is 6.04 Å². The van der Waals surface area contributed by atoms with Crippen LogP contribution in [-0.4, -0.2) is 31.9 Å². The van der Waals surface area contributed by atoms with Crippen LogP contribution in [0.2, 0.25) is 0 Å². The molecule has 0 bridgehead atoms. The molecule has 1 aromatic carbocycles. The average molecular weight is 271 g/mol. The van der Waals surface area contributed by atoms with Gasteiger partial charge < -0.3 is 5.11 Å². The van der Waals surface area contributed by atoms with Gasteiger partial charge in [0.05, 0.1) is 12.4 Å². The molecule has 0 aliphatic heterocycles. The first-order chi connectivity index (χ1) is 8.57. The smallest absolute Gasteiger partial charge is 0.211 e. The average Bonchev–Trinajstić information content (AvgIpc) is 2.36. The third-order valence-electron chi connectivity index (χ3n) is 2.66. The molecule has 2 N–H and O–H groups in total. The third kappa shape index (κ3) is 5.62. The predicted molar refractivity (Wildman–Crippen MR) is 72.9 cm³/mol. The lowest BCUT2D eigenvalue weighted by molar-refractivity contribution is 0.256. The first kappa shape index (κ1) is 15.1. The van der Waals surface area contributed by atoms with Crippen LogP contribution in [0, 0.1) is 0 Å². The molecule has 0 amide bonds. The summed E-state index contributed by atoms with van der Waals surface area (Å²) >= 11 is 0. The van der Waals surface area contributed by atoms with Crippen molar-refractivity contribution in [2.75, 3.05) is 12.4 Å². The van der Waals surface area contributed by atoms with E-state index >= 15 is 0 Å². The maximum Gasteiger partial charge on any atom is 0.211 e. The molecule has 0 aromatic heterocycles. The summed E-state index contributed by atoms with van der Waals surface area (Å²) in [4.78, 5) is 0. The fourth-order valence-electron chi connectivity index (χ4n) is 1.69. The molecule has 18 heavy (non-hydrogen) atoms. The van der Waals surface area contributed by atoms with Crippen LogP contribution in [0.4, 0.5) is 0 Å². The van der Waals surface area contributed by atoms with Crippen LogP contribution >= 0.6 is 0 Å². The second-order valence-electron chi connectivity index (χ2n) is 4.36. The van der Waals surface area contributed by atoms with Crippen LogP contribution in [0.1, 0.15) is 25.3 Å². The van der Waals surface area contributed by atoms with E-state index in [1.165, 1.54) is 0 Å². The highest BCUT2D eigenvalue weighted by atomic mass is 32.2. The molecule has 0 saturated heterocycles. The number of sulfonamides is 1. The Hall–Kier alpha value is -0.910. The molecule has 0 aliphatic rings. The molecule has 1 aromatic rings.